The van der Waals surface area contributed by atoms with Gasteiger partial charge in [0.05, 0.1) is 10.4 Å². The average molecular weight is 309 g/mol. The highest BCUT2D eigenvalue weighted by Gasteiger charge is 2.10. The molecule has 3 aromatic rings. The topological polar surface area (TPSA) is 87.7 Å². The Kier molecular flexibility index (Phi) is 3.07. The third-order valence-electron chi connectivity index (χ3n) is 2.72. The molecular formula is C12H9ClN4O2S. The fourth-order valence-electron chi connectivity index (χ4n) is 1.78. The van der Waals surface area contributed by atoms with Crippen LogP contribution in [0.3, 0.4) is 0 Å². The Balaban J connectivity index is 1.92. The summed E-state index contributed by atoms with van der Waals surface area (Å²) in [4.78, 5) is 4.27. The van der Waals surface area contributed by atoms with Gasteiger partial charge in [0.1, 0.15) is 5.52 Å². The molecule has 0 aliphatic carbocycles. The summed E-state index contributed by atoms with van der Waals surface area (Å²) < 4.78 is 22.3. The number of nitrogens with zero attached hydrogens (tertiary/aromatic N) is 2. The van der Waals surface area contributed by atoms with E-state index in [1.54, 1.807) is 18.3 Å². The van der Waals surface area contributed by atoms with E-state index in [-0.39, 0.29) is 4.90 Å². The Morgan fingerprint density at radius 1 is 1.15 bits per heavy atom. The van der Waals surface area contributed by atoms with Crippen LogP contribution >= 0.6 is 10.7 Å². The highest BCUT2D eigenvalue weighted by Crippen LogP contribution is 2.23. The van der Waals surface area contributed by atoms with Crippen LogP contribution in [0.4, 0.5) is 11.5 Å². The van der Waals surface area contributed by atoms with Crippen LogP contribution in [0.2, 0.25) is 0 Å². The molecule has 20 heavy (non-hydrogen) atoms. The van der Waals surface area contributed by atoms with Crippen molar-refractivity contribution in [2.75, 3.05) is 5.32 Å². The van der Waals surface area contributed by atoms with E-state index in [2.05, 4.69) is 20.5 Å². The van der Waals surface area contributed by atoms with Crippen molar-refractivity contribution in [3.63, 3.8) is 0 Å². The van der Waals surface area contributed by atoms with E-state index in [1.165, 1.54) is 12.1 Å². The van der Waals surface area contributed by atoms with E-state index in [9.17, 15) is 8.42 Å². The van der Waals surface area contributed by atoms with Crippen molar-refractivity contribution in [3.05, 3.63) is 42.6 Å². The van der Waals surface area contributed by atoms with Gasteiger partial charge in [-0.25, -0.2) is 8.42 Å². The van der Waals surface area contributed by atoms with Crippen LogP contribution in [0.15, 0.2) is 47.5 Å². The molecule has 0 saturated heterocycles. The van der Waals surface area contributed by atoms with E-state index >= 15 is 0 Å². The molecule has 6 nitrogen and oxygen atoms in total. The van der Waals surface area contributed by atoms with E-state index in [0.29, 0.717) is 17.0 Å². The average Bonchev–Trinajstić information content (AvgIpc) is 2.82. The molecule has 0 bridgehead atoms. The first-order chi connectivity index (χ1) is 9.54. The molecule has 0 radical (unpaired) electrons. The minimum Gasteiger partial charge on any atom is -0.337 e. The van der Waals surface area contributed by atoms with Gasteiger partial charge in [-0.05, 0) is 36.4 Å². The first-order valence-electron chi connectivity index (χ1n) is 5.65. The summed E-state index contributed by atoms with van der Waals surface area (Å²) in [6.45, 7) is 0. The Labute approximate surface area is 119 Å². The van der Waals surface area contributed by atoms with Gasteiger partial charge in [-0.3, -0.25) is 10.1 Å². The van der Waals surface area contributed by atoms with Crippen molar-refractivity contribution >= 4 is 42.3 Å². The van der Waals surface area contributed by atoms with Crippen LogP contribution in [0.5, 0.6) is 0 Å². The minimum absolute atomic E-state index is 0.0507. The maximum Gasteiger partial charge on any atom is 0.261 e. The number of aromatic amines is 1. The van der Waals surface area contributed by atoms with Gasteiger partial charge in [0, 0.05) is 22.6 Å². The maximum atomic E-state index is 11.2. The van der Waals surface area contributed by atoms with Crippen LogP contribution in [0.25, 0.3) is 11.0 Å². The zero-order valence-corrected chi connectivity index (χ0v) is 11.6. The fraction of sp³-hybridized carbons (Fsp3) is 0. The number of anilines is 2. The van der Waals surface area contributed by atoms with Gasteiger partial charge in [0.15, 0.2) is 5.82 Å². The van der Waals surface area contributed by atoms with Crippen molar-refractivity contribution < 1.29 is 8.42 Å². The van der Waals surface area contributed by atoms with Crippen LogP contribution in [0, 0.1) is 0 Å². The second-order valence-electron chi connectivity index (χ2n) is 4.06. The Hall–Kier alpha value is -2.12. The lowest BCUT2D eigenvalue weighted by Gasteiger charge is -2.03. The molecule has 8 heteroatoms. The Bertz CT molecular complexity index is 859. The second-order valence-corrected chi connectivity index (χ2v) is 6.62. The summed E-state index contributed by atoms with van der Waals surface area (Å²) in [7, 11) is 1.55. The summed E-state index contributed by atoms with van der Waals surface area (Å²) in [5.74, 6) is 0.571. The number of nitrogens with one attached hydrogen (secondary N) is 2. The normalized spacial score (nSPS) is 11.7. The summed E-state index contributed by atoms with van der Waals surface area (Å²) in [6, 6.07) is 9.74. The molecule has 0 aliphatic rings. The number of H-pyrrole nitrogens is 1. The number of hydrogen-bond donors (Lipinski definition) is 2. The van der Waals surface area contributed by atoms with E-state index < -0.39 is 9.05 Å². The number of pyridine rings is 1. The first kappa shape index (κ1) is 12.9. The Morgan fingerprint density at radius 3 is 2.60 bits per heavy atom. The number of hydrogen-bond acceptors (Lipinski definition) is 5. The summed E-state index contributed by atoms with van der Waals surface area (Å²) in [6.07, 6.45) is 1.67. The van der Waals surface area contributed by atoms with E-state index in [0.717, 1.165) is 5.52 Å². The van der Waals surface area contributed by atoms with Crippen molar-refractivity contribution in [1.29, 1.82) is 0 Å². The minimum atomic E-state index is -3.71. The second kappa shape index (κ2) is 4.77. The quantitative estimate of drug-likeness (QED) is 0.726. The highest BCUT2D eigenvalue weighted by molar-refractivity contribution is 8.13. The summed E-state index contributed by atoms with van der Waals surface area (Å²) >= 11 is 0. The Morgan fingerprint density at radius 2 is 1.90 bits per heavy atom. The predicted molar refractivity (Wildman–Crippen MR) is 76.7 cm³/mol. The number of benzene rings is 1. The fourth-order valence-corrected chi connectivity index (χ4v) is 2.55. The smallest absolute Gasteiger partial charge is 0.261 e. The molecule has 0 atom stereocenters. The first-order valence-corrected chi connectivity index (χ1v) is 7.96. The zero-order valence-electron chi connectivity index (χ0n) is 10.0. The van der Waals surface area contributed by atoms with Crippen LogP contribution in [0.1, 0.15) is 0 Å². The third-order valence-corrected chi connectivity index (χ3v) is 4.09. The molecular weight excluding hydrogens is 300 g/mol. The monoisotopic (exact) mass is 308 g/mol. The lowest BCUT2D eigenvalue weighted by molar-refractivity contribution is 0.609. The molecule has 0 saturated carbocycles. The van der Waals surface area contributed by atoms with Gasteiger partial charge < -0.3 is 5.32 Å². The lowest BCUT2D eigenvalue weighted by Crippen LogP contribution is -1.94. The number of fused-ring (bicyclic) bond motifs is 1. The molecule has 102 valence electrons. The molecule has 0 spiro atoms. The maximum absolute atomic E-state index is 11.2. The van der Waals surface area contributed by atoms with Gasteiger partial charge >= 0.3 is 0 Å². The van der Waals surface area contributed by atoms with E-state index in [1.807, 2.05) is 12.1 Å². The highest BCUT2D eigenvalue weighted by atomic mass is 35.7. The third kappa shape index (κ3) is 2.45. The van der Waals surface area contributed by atoms with Crippen molar-refractivity contribution in [3.8, 4) is 0 Å². The zero-order chi connectivity index (χ0) is 14.2. The summed E-state index contributed by atoms with van der Waals surface area (Å²) in [5, 5.41) is 10.0. The van der Waals surface area contributed by atoms with E-state index in [4.69, 9.17) is 10.7 Å². The molecule has 2 N–H and O–H groups in total. The predicted octanol–water partition coefficient (Wildman–Crippen LogP) is 2.63. The van der Waals surface area contributed by atoms with Gasteiger partial charge in [0.25, 0.3) is 9.05 Å². The van der Waals surface area contributed by atoms with Gasteiger partial charge in [-0.1, -0.05) is 0 Å². The SMILES string of the molecule is O=S(=O)(Cl)c1ccc(Nc2n[nH]c3cccnc23)cc1. The molecule has 0 unspecified atom stereocenters. The molecule has 0 aliphatic heterocycles. The van der Waals surface area contributed by atoms with Crippen molar-refractivity contribution in [1.82, 2.24) is 15.2 Å². The number of halogens is 1. The largest absolute Gasteiger partial charge is 0.337 e. The molecule has 3 rings (SSSR count). The number of rotatable bonds is 3. The van der Waals surface area contributed by atoms with Crippen molar-refractivity contribution in [2.45, 2.75) is 4.90 Å². The molecule has 1 aromatic carbocycles. The summed E-state index contributed by atoms with van der Waals surface area (Å²) in [5.41, 5.74) is 2.21. The molecule has 2 heterocycles. The van der Waals surface area contributed by atoms with Crippen LogP contribution in [-0.4, -0.2) is 23.6 Å². The molecule has 0 fully saturated rings. The van der Waals surface area contributed by atoms with Gasteiger partial charge in [-0.15, -0.1) is 0 Å². The standard InChI is InChI=1S/C12H9ClN4O2S/c13-20(18,19)9-5-3-8(4-6-9)15-12-11-10(16-17-12)2-1-7-14-11/h1-7H,(H2,15,16,17). The number of aromatic nitrogens is 3. The van der Waals surface area contributed by atoms with Crippen LogP contribution in [-0.2, 0) is 9.05 Å². The molecule has 0 amide bonds. The van der Waals surface area contributed by atoms with Gasteiger partial charge in [-0.2, -0.15) is 5.10 Å². The van der Waals surface area contributed by atoms with Crippen molar-refractivity contribution in [2.24, 2.45) is 0 Å². The van der Waals surface area contributed by atoms with Crippen LogP contribution < -0.4 is 5.32 Å². The molecule has 2 aromatic heterocycles. The lowest BCUT2D eigenvalue weighted by atomic mass is 10.3. The van der Waals surface area contributed by atoms with Gasteiger partial charge in [0.2, 0.25) is 0 Å².